The molecule has 1 aromatic heterocycles. The molecule has 176 valence electrons. The lowest BCUT2D eigenvalue weighted by Gasteiger charge is -2.15. The van der Waals surface area contributed by atoms with Crippen molar-refractivity contribution in [2.75, 3.05) is 20.3 Å². The van der Waals surface area contributed by atoms with E-state index in [4.69, 9.17) is 23.9 Å². The summed E-state index contributed by atoms with van der Waals surface area (Å²) in [5.41, 5.74) is 3.00. The van der Waals surface area contributed by atoms with Crippen LogP contribution >= 0.6 is 11.3 Å². The fraction of sp³-hybridized carbons (Fsp3) is 0.360. The van der Waals surface area contributed by atoms with E-state index in [9.17, 15) is 9.90 Å². The minimum Gasteiger partial charge on any atom is -0.495 e. The monoisotopic (exact) mass is 471 g/mol. The molecular weight excluding hydrogens is 442 g/mol. The number of ether oxygens (including phenoxy) is 4. The fourth-order valence-corrected chi connectivity index (χ4v) is 4.15. The Kier molecular flexibility index (Phi) is 8.30. The summed E-state index contributed by atoms with van der Waals surface area (Å²) < 4.78 is 22.5. The minimum absolute atomic E-state index is 0.00305. The normalized spacial score (nSPS) is 11.0. The van der Waals surface area contributed by atoms with E-state index >= 15 is 0 Å². The van der Waals surface area contributed by atoms with Crippen molar-refractivity contribution in [3.63, 3.8) is 0 Å². The van der Waals surface area contributed by atoms with Gasteiger partial charge in [0.2, 0.25) is 0 Å². The van der Waals surface area contributed by atoms with E-state index < -0.39 is 5.97 Å². The maximum Gasteiger partial charge on any atom is 0.339 e. The molecule has 0 radical (unpaired) electrons. The minimum atomic E-state index is -1.07. The zero-order chi connectivity index (χ0) is 24.0. The van der Waals surface area contributed by atoms with Crippen LogP contribution in [0.2, 0.25) is 0 Å². The molecule has 33 heavy (non-hydrogen) atoms. The molecule has 0 aliphatic rings. The van der Waals surface area contributed by atoms with Gasteiger partial charge in [-0.3, -0.25) is 0 Å². The Hall–Kier alpha value is -3.10. The molecule has 8 heteroatoms. The highest BCUT2D eigenvalue weighted by atomic mass is 32.1. The molecule has 1 heterocycles. The summed E-state index contributed by atoms with van der Waals surface area (Å²) in [7, 11) is 1.46. The first-order valence-corrected chi connectivity index (χ1v) is 11.7. The summed E-state index contributed by atoms with van der Waals surface area (Å²) >= 11 is 1.47. The fourth-order valence-electron chi connectivity index (χ4n) is 3.32. The van der Waals surface area contributed by atoms with Crippen LogP contribution in [-0.4, -0.2) is 42.5 Å². The van der Waals surface area contributed by atoms with Crippen LogP contribution in [0.25, 0.3) is 21.8 Å². The first-order chi connectivity index (χ1) is 15.9. The lowest BCUT2D eigenvalue weighted by atomic mass is 10.0. The smallest absolute Gasteiger partial charge is 0.339 e. The highest BCUT2D eigenvalue weighted by molar-refractivity contribution is 7.13. The summed E-state index contributed by atoms with van der Waals surface area (Å²) in [6, 6.07) is 9.19. The Morgan fingerprint density at radius 3 is 2.42 bits per heavy atom. The molecule has 0 aliphatic carbocycles. The topological polar surface area (TPSA) is 87.1 Å². The third kappa shape index (κ3) is 5.83. The Balaban J connectivity index is 2.01. The predicted octanol–water partition coefficient (Wildman–Crippen LogP) is 5.91. The molecule has 0 bridgehead atoms. The van der Waals surface area contributed by atoms with E-state index in [1.54, 1.807) is 6.07 Å². The molecule has 0 fully saturated rings. The van der Waals surface area contributed by atoms with Crippen LogP contribution in [0.3, 0.4) is 0 Å². The van der Waals surface area contributed by atoms with Crippen molar-refractivity contribution in [1.29, 1.82) is 0 Å². The number of carbonyl (C=O) groups is 1. The molecule has 3 aromatic rings. The molecular formula is C25H29NO6S. The van der Waals surface area contributed by atoms with Crippen molar-refractivity contribution in [1.82, 2.24) is 4.98 Å². The van der Waals surface area contributed by atoms with Crippen molar-refractivity contribution < 1.29 is 28.8 Å². The molecule has 0 spiro atoms. The standard InChI is InChI=1S/C25H29NO6S/c1-6-30-21-9-8-16(12-22(21)31-7-2)24-26-20(14-33-24)17-10-18(13-32-15(3)4)23(29-5)19(11-17)25(27)28/h8-12,14-15H,6-7,13H2,1-5H3,(H,27,28). The zero-order valence-corrected chi connectivity index (χ0v) is 20.3. The summed E-state index contributed by atoms with van der Waals surface area (Å²) in [6.45, 7) is 9.02. The van der Waals surface area contributed by atoms with Crippen molar-refractivity contribution in [3.05, 3.63) is 46.8 Å². The summed E-state index contributed by atoms with van der Waals surface area (Å²) in [5, 5.41) is 12.4. The van der Waals surface area contributed by atoms with Gasteiger partial charge in [0.1, 0.15) is 16.3 Å². The Morgan fingerprint density at radius 1 is 1.06 bits per heavy atom. The van der Waals surface area contributed by atoms with Crippen LogP contribution in [0.1, 0.15) is 43.6 Å². The van der Waals surface area contributed by atoms with E-state index in [0.717, 1.165) is 10.6 Å². The van der Waals surface area contributed by atoms with Gasteiger partial charge in [0.25, 0.3) is 0 Å². The number of aromatic carboxylic acids is 1. The molecule has 0 atom stereocenters. The number of nitrogens with zero attached hydrogens (tertiary/aromatic N) is 1. The maximum absolute atomic E-state index is 11.9. The summed E-state index contributed by atoms with van der Waals surface area (Å²) in [6.07, 6.45) is -0.00305. The average molecular weight is 472 g/mol. The number of aromatic nitrogens is 1. The van der Waals surface area contributed by atoms with Gasteiger partial charge in [0.05, 0.1) is 38.7 Å². The molecule has 1 N–H and O–H groups in total. The third-order valence-corrected chi connectivity index (χ3v) is 5.65. The lowest BCUT2D eigenvalue weighted by Crippen LogP contribution is -2.08. The van der Waals surface area contributed by atoms with Gasteiger partial charge >= 0.3 is 5.97 Å². The van der Waals surface area contributed by atoms with Crippen molar-refractivity contribution in [2.24, 2.45) is 0 Å². The summed E-state index contributed by atoms with van der Waals surface area (Å²) in [4.78, 5) is 16.7. The molecule has 0 aliphatic heterocycles. The van der Waals surface area contributed by atoms with Crippen molar-refractivity contribution in [2.45, 2.75) is 40.4 Å². The Labute approximate surface area is 197 Å². The van der Waals surface area contributed by atoms with Gasteiger partial charge in [-0.05, 0) is 58.0 Å². The van der Waals surface area contributed by atoms with Gasteiger partial charge in [-0.25, -0.2) is 9.78 Å². The quantitative estimate of drug-likeness (QED) is 0.372. The van der Waals surface area contributed by atoms with E-state index in [1.807, 2.05) is 57.3 Å². The second-order valence-electron chi connectivity index (χ2n) is 7.45. The van der Waals surface area contributed by atoms with Crippen LogP contribution in [0.15, 0.2) is 35.7 Å². The highest BCUT2D eigenvalue weighted by Crippen LogP contribution is 2.37. The van der Waals surface area contributed by atoms with Gasteiger partial charge < -0.3 is 24.1 Å². The van der Waals surface area contributed by atoms with Crippen molar-refractivity contribution >= 4 is 17.3 Å². The Bertz CT molecular complexity index is 1110. The lowest BCUT2D eigenvalue weighted by molar-refractivity contribution is 0.0637. The van der Waals surface area contributed by atoms with Crippen molar-refractivity contribution in [3.8, 4) is 39.1 Å². The van der Waals surface area contributed by atoms with Gasteiger partial charge in [0, 0.05) is 22.1 Å². The first kappa shape index (κ1) is 24.5. The van der Waals surface area contributed by atoms with Crippen LogP contribution in [0.5, 0.6) is 17.2 Å². The average Bonchev–Trinajstić information content (AvgIpc) is 3.28. The number of rotatable bonds is 11. The van der Waals surface area contributed by atoms with Crippen LogP contribution in [0.4, 0.5) is 0 Å². The van der Waals surface area contributed by atoms with Gasteiger partial charge in [-0.2, -0.15) is 0 Å². The van der Waals surface area contributed by atoms with E-state index in [-0.39, 0.29) is 18.3 Å². The predicted molar refractivity (Wildman–Crippen MR) is 129 cm³/mol. The van der Waals surface area contributed by atoms with Gasteiger partial charge in [-0.15, -0.1) is 11.3 Å². The van der Waals surface area contributed by atoms with Gasteiger partial charge in [0.15, 0.2) is 11.5 Å². The van der Waals surface area contributed by atoms with Gasteiger partial charge in [-0.1, -0.05) is 0 Å². The number of hydrogen-bond donors (Lipinski definition) is 1. The molecule has 7 nitrogen and oxygen atoms in total. The molecule has 0 amide bonds. The van der Waals surface area contributed by atoms with E-state index in [2.05, 4.69) is 0 Å². The third-order valence-electron chi connectivity index (χ3n) is 4.76. The number of methoxy groups -OCH3 is 1. The highest BCUT2D eigenvalue weighted by Gasteiger charge is 2.20. The second kappa shape index (κ2) is 11.2. The largest absolute Gasteiger partial charge is 0.495 e. The molecule has 2 aromatic carbocycles. The number of thiazole rings is 1. The molecule has 0 saturated carbocycles. The molecule has 3 rings (SSSR count). The van der Waals surface area contributed by atoms with Crippen LogP contribution in [0, 0.1) is 0 Å². The number of benzene rings is 2. The van der Waals surface area contributed by atoms with Crippen LogP contribution < -0.4 is 14.2 Å². The SMILES string of the molecule is CCOc1ccc(-c2nc(-c3cc(COC(C)C)c(OC)c(C(=O)O)c3)cs2)cc1OCC. The number of carboxylic acid groups (broad SMARTS) is 1. The zero-order valence-electron chi connectivity index (χ0n) is 19.5. The van der Waals surface area contributed by atoms with Crippen LogP contribution in [-0.2, 0) is 11.3 Å². The molecule has 0 unspecified atom stereocenters. The summed E-state index contributed by atoms with van der Waals surface area (Å²) in [5.74, 6) is 0.591. The second-order valence-corrected chi connectivity index (χ2v) is 8.30. The van der Waals surface area contributed by atoms with E-state index in [1.165, 1.54) is 18.4 Å². The van der Waals surface area contributed by atoms with E-state index in [0.29, 0.717) is 47.3 Å². The first-order valence-electron chi connectivity index (χ1n) is 10.8. The number of hydrogen-bond acceptors (Lipinski definition) is 7. The Morgan fingerprint density at radius 2 is 1.79 bits per heavy atom. The molecule has 0 saturated heterocycles. The number of carboxylic acids is 1. The maximum atomic E-state index is 11.9.